The summed E-state index contributed by atoms with van der Waals surface area (Å²) in [6, 6.07) is 25.6. The second kappa shape index (κ2) is 12.6. The van der Waals surface area contributed by atoms with Crippen LogP contribution < -0.4 is 19.5 Å². The van der Waals surface area contributed by atoms with Gasteiger partial charge in [0, 0.05) is 35.5 Å². The molecule has 0 saturated carbocycles. The monoisotopic (exact) mass is 599 g/mol. The Morgan fingerprint density at radius 3 is 2.28 bits per heavy atom. The molecule has 0 spiro atoms. The Kier molecular flexibility index (Phi) is 8.70. The van der Waals surface area contributed by atoms with Gasteiger partial charge in [-0.25, -0.2) is 13.2 Å². The number of sulfonamides is 1. The molecule has 5 aromatic rings. The molecular weight excluding hydrogens is 566 g/mol. The smallest absolute Gasteiger partial charge is 0.415 e. The van der Waals surface area contributed by atoms with E-state index >= 15 is 0 Å². The van der Waals surface area contributed by atoms with E-state index in [0.717, 1.165) is 18.4 Å². The fourth-order valence-electron chi connectivity index (χ4n) is 4.98. The molecule has 0 bridgehead atoms. The maximum absolute atomic E-state index is 13.6. The zero-order chi connectivity index (χ0) is 30.6. The van der Waals surface area contributed by atoms with E-state index in [1.165, 1.54) is 24.1 Å². The molecule has 10 heteroatoms. The number of hydrogen-bond acceptors (Lipinski definition) is 7. The Balaban J connectivity index is 1.71. The molecule has 0 atom stereocenters. The number of amides is 1. The Morgan fingerprint density at radius 2 is 1.58 bits per heavy atom. The summed E-state index contributed by atoms with van der Waals surface area (Å²) in [6.07, 6.45) is 0.153. The third-order valence-electron chi connectivity index (χ3n) is 7.21. The second-order valence-corrected chi connectivity index (χ2v) is 11.7. The average Bonchev–Trinajstić information content (AvgIpc) is 3.02. The average molecular weight is 600 g/mol. The number of hydrogen-bond donors (Lipinski definition) is 3. The van der Waals surface area contributed by atoms with Gasteiger partial charge in [-0.3, -0.25) is 4.72 Å². The van der Waals surface area contributed by atoms with Gasteiger partial charge in [-0.05, 0) is 67.2 Å². The van der Waals surface area contributed by atoms with Crippen LogP contribution in [0.15, 0.2) is 95.9 Å². The van der Waals surface area contributed by atoms with Gasteiger partial charge in [-0.1, -0.05) is 54.6 Å². The number of carbonyl (C=O) groups excluding carboxylic acids is 1. The molecule has 0 saturated heterocycles. The zero-order valence-electron chi connectivity index (χ0n) is 24.1. The maximum atomic E-state index is 13.6. The number of phenols is 1. The molecule has 0 aliphatic heterocycles. The van der Waals surface area contributed by atoms with Crippen LogP contribution >= 0.6 is 0 Å². The number of nitrogens with one attached hydrogen (secondary N) is 2. The normalized spacial score (nSPS) is 11.4. The van der Waals surface area contributed by atoms with Gasteiger partial charge in [0.25, 0.3) is 10.0 Å². The molecule has 1 amide bonds. The predicted molar refractivity (Wildman–Crippen MR) is 170 cm³/mol. The molecule has 0 radical (unpaired) electrons. The van der Waals surface area contributed by atoms with Crippen LogP contribution in [0.1, 0.15) is 6.42 Å². The number of benzene rings is 5. The summed E-state index contributed by atoms with van der Waals surface area (Å²) in [6.45, 7) is 1.20. The molecule has 0 aromatic heterocycles. The molecule has 0 aliphatic carbocycles. The number of aromatic hydroxyl groups is 1. The van der Waals surface area contributed by atoms with Crippen molar-refractivity contribution in [3.8, 4) is 28.4 Å². The number of phenolic OH excluding ortho intramolecular Hbond substituents is 1. The standard InChI is InChI=1S/C33H33N3O6S/c1-34-19-8-20-36(2)33(38)42-32-27-12-7-6-11-26(27)29(35-43(39,40)24-16-14-23(41-3)15-17-24)21-28(32)31-25-10-5-4-9-22(25)13-18-30(31)37/h4-7,9-18,21,34-35,37H,8,19-20H2,1-3H3. The van der Waals surface area contributed by atoms with Crippen molar-refractivity contribution in [1.82, 2.24) is 10.2 Å². The first kappa shape index (κ1) is 29.7. The zero-order valence-corrected chi connectivity index (χ0v) is 24.9. The van der Waals surface area contributed by atoms with E-state index < -0.39 is 16.1 Å². The first-order valence-electron chi connectivity index (χ1n) is 13.7. The van der Waals surface area contributed by atoms with Gasteiger partial charge in [0.2, 0.25) is 0 Å². The van der Waals surface area contributed by atoms with E-state index in [1.54, 1.807) is 61.6 Å². The molecule has 9 nitrogen and oxygen atoms in total. The van der Waals surface area contributed by atoms with Crippen molar-refractivity contribution in [2.75, 3.05) is 39.0 Å². The van der Waals surface area contributed by atoms with Crippen LogP contribution in [0.5, 0.6) is 17.2 Å². The first-order chi connectivity index (χ1) is 20.7. The van der Waals surface area contributed by atoms with E-state index in [1.807, 2.05) is 31.3 Å². The number of fused-ring (bicyclic) bond motifs is 2. The molecule has 0 fully saturated rings. The lowest BCUT2D eigenvalue weighted by Gasteiger charge is -2.22. The van der Waals surface area contributed by atoms with E-state index in [9.17, 15) is 18.3 Å². The minimum Gasteiger partial charge on any atom is -0.507 e. The topological polar surface area (TPSA) is 117 Å². The molecule has 5 aromatic carbocycles. The van der Waals surface area contributed by atoms with E-state index in [0.29, 0.717) is 39.6 Å². The van der Waals surface area contributed by atoms with Crippen molar-refractivity contribution in [3.63, 3.8) is 0 Å². The van der Waals surface area contributed by atoms with Gasteiger partial charge in [0.1, 0.15) is 17.2 Å². The van der Waals surface area contributed by atoms with E-state index in [4.69, 9.17) is 9.47 Å². The highest BCUT2D eigenvalue weighted by molar-refractivity contribution is 7.92. The molecule has 5 rings (SSSR count). The Morgan fingerprint density at radius 1 is 0.907 bits per heavy atom. The Labute approximate surface area is 250 Å². The van der Waals surface area contributed by atoms with Gasteiger partial charge >= 0.3 is 6.09 Å². The lowest BCUT2D eigenvalue weighted by molar-refractivity contribution is 0.163. The lowest BCUT2D eigenvalue weighted by atomic mass is 9.93. The van der Waals surface area contributed by atoms with Gasteiger partial charge in [-0.2, -0.15) is 0 Å². The lowest BCUT2D eigenvalue weighted by Crippen LogP contribution is -2.32. The van der Waals surface area contributed by atoms with Crippen molar-refractivity contribution in [1.29, 1.82) is 0 Å². The number of nitrogens with zero attached hydrogens (tertiary/aromatic N) is 1. The number of anilines is 1. The number of rotatable bonds is 10. The largest absolute Gasteiger partial charge is 0.507 e. The van der Waals surface area contributed by atoms with Crippen molar-refractivity contribution < 1.29 is 27.8 Å². The number of ether oxygens (including phenoxy) is 2. The summed E-state index contributed by atoms with van der Waals surface area (Å²) in [5.74, 6) is 0.693. The minimum absolute atomic E-state index is 0.0439. The summed E-state index contributed by atoms with van der Waals surface area (Å²) in [5, 5.41) is 16.8. The molecule has 3 N–H and O–H groups in total. The van der Waals surface area contributed by atoms with Crippen LogP contribution in [0.25, 0.3) is 32.7 Å². The van der Waals surface area contributed by atoms with Crippen molar-refractivity contribution >= 4 is 43.3 Å². The predicted octanol–water partition coefficient (Wildman–Crippen LogP) is 6.22. The summed E-state index contributed by atoms with van der Waals surface area (Å²) in [7, 11) is 0.978. The summed E-state index contributed by atoms with van der Waals surface area (Å²) in [5.41, 5.74) is 1.03. The third kappa shape index (κ3) is 6.20. The minimum atomic E-state index is -4.03. The molecule has 0 aliphatic rings. The quantitative estimate of drug-likeness (QED) is 0.163. The fourth-order valence-corrected chi connectivity index (χ4v) is 6.05. The van der Waals surface area contributed by atoms with Gasteiger partial charge in [0.15, 0.2) is 0 Å². The Hall–Kier alpha value is -4.80. The highest BCUT2D eigenvalue weighted by Gasteiger charge is 2.25. The fraction of sp³-hybridized carbons (Fsp3) is 0.182. The highest BCUT2D eigenvalue weighted by Crippen LogP contribution is 2.47. The SMILES string of the molecule is CNCCCN(C)C(=O)Oc1c(-c2c(O)ccc3ccccc23)cc(NS(=O)(=O)c2ccc(OC)cc2)c2ccccc12. The molecule has 0 heterocycles. The van der Waals surface area contributed by atoms with Crippen LogP contribution in [0.3, 0.4) is 0 Å². The van der Waals surface area contributed by atoms with Gasteiger partial charge < -0.3 is 24.8 Å². The van der Waals surface area contributed by atoms with Crippen LogP contribution in [-0.2, 0) is 10.0 Å². The van der Waals surface area contributed by atoms with E-state index in [-0.39, 0.29) is 22.1 Å². The molecule has 222 valence electrons. The van der Waals surface area contributed by atoms with E-state index in [2.05, 4.69) is 10.0 Å². The van der Waals surface area contributed by atoms with Crippen LogP contribution in [0, 0.1) is 0 Å². The highest BCUT2D eigenvalue weighted by atomic mass is 32.2. The summed E-state index contributed by atoms with van der Waals surface area (Å²) < 4.78 is 41.1. The molecule has 0 unspecified atom stereocenters. The van der Waals surface area contributed by atoms with Gasteiger partial charge in [0.05, 0.1) is 17.7 Å². The summed E-state index contributed by atoms with van der Waals surface area (Å²) >= 11 is 0. The number of methoxy groups -OCH3 is 1. The van der Waals surface area contributed by atoms with Crippen molar-refractivity contribution in [2.45, 2.75) is 11.3 Å². The second-order valence-electron chi connectivity index (χ2n) is 10.1. The van der Waals surface area contributed by atoms with Crippen LogP contribution in [0.2, 0.25) is 0 Å². The summed E-state index contributed by atoms with van der Waals surface area (Å²) in [4.78, 5) is 14.9. The Bertz CT molecular complexity index is 1890. The first-order valence-corrected chi connectivity index (χ1v) is 15.2. The maximum Gasteiger partial charge on any atom is 0.415 e. The number of carbonyl (C=O) groups is 1. The molecular formula is C33H33N3O6S. The van der Waals surface area contributed by atoms with Crippen LogP contribution in [-0.4, -0.2) is 58.8 Å². The van der Waals surface area contributed by atoms with Gasteiger partial charge in [-0.15, -0.1) is 0 Å². The van der Waals surface area contributed by atoms with Crippen molar-refractivity contribution in [2.24, 2.45) is 0 Å². The van der Waals surface area contributed by atoms with Crippen molar-refractivity contribution in [3.05, 3.63) is 91.0 Å². The van der Waals surface area contributed by atoms with Crippen LogP contribution in [0.4, 0.5) is 10.5 Å². The third-order valence-corrected chi connectivity index (χ3v) is 8.59. The molecule has 43 heavy (non-hydrogen) atoms.